The van der Waals surface area contributed by atoms with Crippen LogP contribution >= 0.6 is 0 Å². The molecule has 12 heavy (non-hydrogen) atoms. The third-order valence-corrected chi connectivity index (χ3v) is 2.74. The van der Waals surface area contributed by atoms with Gasteiger partial charge in [0.05, 0.1) is 0 Å². The lowest BCUT2D eigenvalue weighted by molar-refractivity contribution is -0.122. The SMILES string of the molecule is CC1=C(C)N(C)[C@@H](C(N)=O)CC1. The highest BCUT2D eigenvalue weighted by molar-refractivity contribution is 5.80. The molecule has 68 valence electrons. The Balaban J connectivity index is 2.83. The van der Waals surface area contributed by atoms with E-state index in [4.69, 9.17) is 5.73 Å². The van der Waals surface area contributed by atoms with Crippen molar-refractivity contribution in [1.82, 2.24) is 4.90 Å². The second kappa shape index (κ2) is 3.17. The number of primary amides is 1. The number of carbonyl (C=O) groups is 1. The van der Waals surface area contributed by atoms with Gasteiger partial charge in [-0.15, -0.1) is 0 Å². The lowest BCUT2D eigenvalue weighted by Crippen LogP contribution is -2.43. The highest BCUT2D eigenvalue weighted by Crippen LogP contribution is 2.24. The van der Waals surface area contributed by atoms with E-state index in [1.54, 1.807) is 0 Å². The molecule has 0 unspecified atom stereocenters. The summed E-state index contributed by atoms with van der Waals surface area (Å²) in [5, 5.41) is 0. The monoisotopic (exact) mass is 168 g/mol. The van der Waals surface area contributed by atoms with Crippen molar-refractivity contribution in [1.29, 1.82) is 0 Å². The number of nitrogens with two attached hydrogens (primary N) is 1. The van der Waals surface area contributed by atoms with Crippen LogP contribution in [0.15, 0.2) is 11.3 Å². The van der Waals surface area contributed by atoms with Crippen LogP contribution in [0.4, 0.5) is 0 Å². The third kappa shape index (κ3) is 1.44. The van der Waals surface area contributed by atoms with E-state index in [1.165, 1.54) is 11.3 Å². The van der Waals surface area contributed by atoms with E-state index in [9.17, 15) is 4.79 Å². The van der Waals surface area contributed by atoms with Crippen molar-refractivity contribution in [2.75, 3.05) is 7.05 Å². The predicted octanol–water partition coefficient (Wildman–Crippen LogP) is 0.860. The summed E-state index contributed by atoms with van der Waals surface area (Å²) < 4.78 is 0. The van der Waals surface area contributed by atoms with Crippen molar-refractivity contribution in [2.45, 2.75) is 32.7 Å². The fraction of sp³-hybridized carbons (Fsp3) is 0.667. The van der Waals surface area contributed by atoms with Gasteiger partial charge in [-0.3, -0.25) is 4.79 Å². The highest BCUT2D eigenvalue weighted by atomic mass is 16.1. The van der Waals surface area contributed by atoms with Gasteiger partial charge in [-0.1, -0.05) is 5.57 Å². The molecule has 1 atom stereocenters. The second-order valence-electron chi connectivity index (χ2n) is 3.43. The smallest absolute Gasteiger partial charge is 0.240 e. The van der Waals surface area contributed by atoms with Gasteiger partial charge >= 0.3 is 0 Å². The summed E-state index contributed by atoms with van der Waals surface area (Å²) in [6, 6.07) is -0.103. The second-order valence-corrected chi connectivity index (χ2v) is 3.43. The van der Waals surface area contributed by atoms with Crippen LogP contribution < -0.4 is 5.73 Å². The highest BCUT2D eigenvalue weighted by Gasteiger charge is 2.25. The molecule has 0 aliphatic carbocycles. The molecular formula is C9H16N2O. The number of hydrogen-bond acceptors (Lipinski definition) is 2. The number of amides is 1. The van der Waals surface area contributed by atoms with E-state index in [0.717, 1.165) is 12.8 Å². The maximum Gasteiger partial charge on any atom is 0.240 e. The first kappa shape index (κ1) is 9.10. The lowest BCUT2D eigenvalue weighted by atomic mass is 9.98. The molecule has 0 aromatic carbocycles. The van der Waals surface area contributed by atoms with Gasteiger partial charge in [-0.05, 0) is 26.7 Å². The van der Waals surface area contributed by atoms with Crippen molar-refractivity contribution in [3.63, 3.8) is 0 Å². The Kier molecular flexibility index (Phi) is 2.40. The zero-order valence-electron chi connectivity index (χ0n) is 7.92. The molecule has 1 aliphatic rings. The molecule has 0 bridgehead atoms. The first-order valence-corrected chi connectivity index (χ1v) is 4.22. The van der Waals surface area contributed by atoms with Crippen molar-refractivity contribution in [2.24, 2.45) is 5.73 Å². The molecular weight excluding hydrogens is 152 g/mol. The first-order valence-electron chi connectivity index (χ1n) is 4.22. The lowest BCUT2D eigenvalue weighted by Gasteiger charge is -2.33. The van der Waals surface area contributed by atoms with E-state index < -0.39 is 0 Å². The Hall–Kier alpha value is -0.990. The van der Waals surface area contributed by atoms with Gasteiger partial charge in [0.25, 0.3) is 0 Å². The Morgan fingerprint density at radius 3 is 2.67 bits per heavy atom. The molecule has 0 aromatic rings. The number of allylic oxidation sites excluding steroid dienone is 2. The minimum Gasteiger partial charge on any atom is -0.368 e. The largest absolute Gasteiger partial charge is 0.368 e. The molecule has 1 aliphatic heterocycles. The van der Waals surface area contributed by atoms with Crippen molar-refractivity contribution in [3.05, 3.63) is 11.3 Å². The summed E-state index contributed by atoms with van der Waals surface area (Å²) in [6.07, 6.45) is 1.85. The number of rotatable bonds is 1. The Labute approximate surface area is 73.2 Å². The molecule has 0 saturated heterocycles. The average molecular weight is 168 g/mol. The summed E-state index contributed by atoms with van der Waals surface area (Å²) in [7, 11) is 1.92. The van der Waals surface area contributed by atoms with Crippen molar-refractivity contribution >= 4 is 5.91 Å². The minimum absolute atomic E-state index is 0.103. The van der Waals surface area contributed by atoms with Gasteiger partial charge < -0.3 is 10.6 Å². The van der Waals surface area contributed by atoms with Crippen LogP contribution in [0.1, 0.15) is 26.7 Å². The topological polar surface area (TPSA) is 46.3 Å². The first-order chi connectivity index (χ1) is 5.54. The molecule has 0 radical (unpaired) electrons. The standard InChI is InChI=1S/C9H16N2O/c1-6-4-5-8(9(10)12)11(3)7(6)2/h8H,4-5H2,1-3H3,(H2,10,12)/t8-/m1/s1. The van der Waals surface area contributed by atoms with Crippen molar-refractivity contribution in [3.8, 4) is 0 Å². The van der Waals surface area contributed by atoms with E-state index in [0.29, 0.717) is 0 Å². The summed E-state index contributed by atoms with van der Waals surface area (Å²) in [4.78, 5) is 12.9. The number of hydrogen-bond donors (Lipinski definition) is 1. The van der Waals surface area contributed by atoms with Crippen LogP contribution in [0.3, 0.4) is 0 Å². The van der Waals surface area contributed by atoms with E-state index in [2.05, 4.69) is 6.92 Å². The van der Waals surface area contributed by atoms with Crippen LogP contribution in [0.5, 0.6) is 0 Å². The molecule has 3 heteroatoms. The number of likely N-dealkylation sites (N-methyl/N-ethyl adjacent to an activating group) is 1. The van der Waals surface area contributed by atoms with Crippen LogP contribution in [-0.4, -0.2) is 23.9 Å². The van der Waals surface area contributed by atoms with Crippen LogP contribution in [0.25, 0.3) is 0 Å². The van der Waals surface area contributed by atoms with Crippen LogP contribution in [-0.2, 0) is 4.79 Å². The molecule has 0 fully saturated rings. The number of carbonyl (C=O) groups excluding carboxylic acids is 1. The van der Waals surface area contributed by atoms with Gasteiger partial charge in [0.2, 0.25) is 5.91 Å². The molecule has 1 amide bonds. The Bertz CT molecular complexity index is 233. The van der Waals surface area contributed by atoms with E-state index in [-0.39, 0.29) is 11.9 Å². The zero-order chi connectivity index (χ0) is 9.30. The normalized spacial score (nSPS) is 24.6. The van der Waals surface area contributed by atoms with Gasteiger partial charge in [-0.2, -0.15) is 0 Å². The van der Waals surface area contributed by atoms with Crippen LogP contribution in [0, 0.1) is 0 Å². The molecule has 0 aromatic heterocycles. The molecule has 0 saturated carbocycles. The average Bonchev–Trinajstić information content (AvgIpc) is 2.00. The fourth-order valence-electron chi connectivity index (χ4n) is 1.60. The summed E-state index contributed by atoms with van der Waals surface area (Å²) in [5.41, 5.74) is 7.80. The van der Waals surface area contributed by atoms with Gasteiger partial charge in [0, 0.05) is 12.7 Å². The van der Waals surface area contributed by atoms with E-state index in [1.807, 2.05) is 18.9 Å². The zero-order valence-corrected chi connectivity index (χ0v) is 7.92. The molecule has 2 N–H and O–H groups in total. The van der Waals surface area contributed by atoms with Gasteiger partial charge in [0.15, 0.2) is 0 Å². The van der Waals surface area contributed by atoms with Crippen molar-refractivity contribution < 1.29 is 4.79 Å². The summed E-state index contributed by atoms with van der Waals surface area (Å²) >= 11 is 0. The quantitative estimate of drug-likeness (QED) is 0.631. The van der Waals surface area contributed by atoms with Gasteiger partial charge in [0.1, 0.15) is 6.04 Å². The Morgan fingerprint density at radius 1 is 1.58 bits per heavy atom. The minimum atomic E-state index is -0.218. The Morgan fingerprint density at radius 2 is 2.17 bits per heavy atom. The molecule has 0 spiro atoms. The fourth-order valence-corrected chi connectivity index (χ4v) is 1.60. The predicted molar refractivity (Wildman–Crippen MR) is 48.4 cm³/mol. The van der Waals surface area contributed by atoms with Gasteiger partial charge in [-0.25, -0.2) is 0 Å². The maximum absolute atomic E-state index is 11.0. The molecule has 1 heterocycles. The van der Waals surface area contributed by atoms with E-state index >= 15 is 0 Å². The summed E-state index contributed by atoms with van der Waals surface area (Å²) in [6.45, 7) is 4.13. The third-order valence-electron chi connectivity index (χ3n) is 2.74. The molecule has 1 rings (SSSR count). The molecule has 3 nitrogen and oxygen atoms in total. The summed E-state index contributed by atoms with van der Waals surface area (Å²) in [5.74, 6) is -0.218. The maximum atomic E-state index is 11.0. The number of nitrogens with zero attached hydrogens (tertiary/aromatic N) is 1. The van der Waals surface area contributed by atoms with Crippen LogP contribution in [0.2, 0.25) is 0 Å².